The van der Waals surface area contributed by atoms with Crippen molar-refractivity contribution in [3.63, 3.8) is 0 Å². The molecule has 1 N–H and O–H groups in total. The Morgan fingerprint density at radius 3 is 2.89 bits per heavy atom. The van der Waals surface area contributed by atoms with Crippen molar-refractivity contribution >= 4 is 11.3 Å². The summed E-state index contributed by atoms with van der Waals surface area (Å²) in [6, 6.07) is 3.30. The van der Waals surface area contributed by atoms with Gasteiger partial charge in [0.1, 0.15) is 0 Å². The smallest absolute Gasteiger partial charge is 0.0389 e. The van der Waals surface area contributed by atoms with Gasteiger partial charge in [-0.25, -0.2) is 0 Å². The number of likely N-dealkylation sites (N-methyl/N-ethyl adjacent to an activating group) is 2. The predicted molar refractivity (Wildman–Crippen MR) is 79.4 cm³/mol. The van der Waals surface area contributed by atoms with Crippen molar-refractivity contribution in [2.24, 2.45) is 0 Å². The average molecular weight is 267 g/mol. The molecular weight excluding hydrogens is 242 g/mol. The van der Waals surface area contributed by atoms with E-state index in [0.29, 0.717) is 12.1 Å². The van der Waals surface area contributed by atoms with Crippen molar-refractivity contribution in [1.82, 2.24) is 15.1 Å². The zero-order chi connectivity index (χ0) is 13.1. The van der Waals surface area contributed by atoms with E-state index in [1.54, 1.807) is 0 Å². The van der Waals surface area contributed by atoms with Crippen LogP contribution in [0.4, 0.5) is 0 Å². The normalized spacial score (nSPS) is 24.3. The monoisotopic (exact) mass is 267 g/mol. The highest BCUT2D eigenvalue weighted by atomic mass is 32.1. The van der Waals surface area contributed by atoms with Crippen molar-refractivity contribution in [2.75, 3.05) is 40.3 Å². The number of hydrogen-bond donors (Lipinski definition) is 1. The fraction of sp³-hybridized carbons (Fsp3) is 0.714. The van der Waals surface area contributed by atoms with Gasteiger partial charge in [-0.2, -0.15) is 0 Å². The lowest BCUT2D eigenvalue weighted by Gasteiger charge is -2.38. The van der Waals surface area contributed by atoms with Gasteiger partial charge in [-0.1, -0.05) is 0 Å². The Labute approximate surface area is 115 Å². The van der Waals surface area contributed by atoms with Crippen LogP contribution in [0.5, 0.6) is 0 Å². The first-order valence-electron chi connectivity index (χ1n) is 6.74. The quantitative estimate of drug-likeness (QED) is 0.899. The lowest BCUT2D eigenvalue weighted by molar-refractivity contribution is 0.112. The van der Waals surface area contributed by atoms with E-state index in [1.165, 1.54) is 30.1 Å². The molecule has 1 saturated heterocycles. The molecule has 2 atom stereocenters. The van der Waals surface area contributed by atoms with Crippen LogP contribution < -0.4 is 5.32 Å². The van der Waals surface area contributed by atoms with Crippen LogP contribution in [0, 0.1) is 6.92 Å². The Hall–Kier alpha value is -0.420. The van der Waals surface area contributed by atoms with E-state index in [-0.39, 0.29) is 0 Å². The molecule has 2 unspecified atom stereocenters. The molecule has 102 valence electrons. The summed E-state index contributed by atoms with van der Waals surface area (Å²) in [5.41, 5.74) is 1.41. The number of hydrogen-bond acceptors (Lipinski definition) is 4. The molecule has 2 rings (SSSR count). The van der Waals surface area contributed by atoms with E-state index in [1.807, 2.05) is 11.3 Å². The molecule has 0 aliphatic carbocycles. The Kier molecular flexibility index (Phi) is 4.78. The number of nitrogens with one attached hydrogen (secondary N) is 1. The van der Waals surface area contributed by atoms with Crippen LogP contribution >= 0.6 is 11.3 Å². The van der Waals surface area contributed by atoms with Gasteiger partial charge in [-0.05, 0) is 45.0 Å². The second kappa shape index (κ2) is 6.15. The molecule has 0 spiro atoms. The maximum absolute atomic E-state index is 3.69. The Morgan fingerprint density at radius 2 is 2.22 bits per heavy atom. The van der Waals surface area contributed by atoms with Crippen molar-refractivity contribution < 1.29 is 0 Å². The fourth-order valence-electron chi connectivity index (χ4n) is 2.56. The van der Waals surface area contributed by atoms with Crippen LogP contribution in [0.25, 0.3) is 0 Å². The third-order valence-corrected chi connectivity index (χ3v) is 5.14. The topological polar surface area (TPSA) is 18.5 Å². The molecule has 1 fully saturated rings. The summed E-state index contributed by atoms with van der Waals surface area (Å²) in [6.07, 6.45) is 0. The first kappa shape index (κ1) is 14.0. The van der Waals surface area contributed by atoms with Gasteiger partial charge in [0.25, 0.3) is 0 Å². The van der Waals surface area contributed by atoms with E-state index in [9.17, 15) is 0 Å². The van der Waals surface area contributed by atoms with Gasteiger partial charge in [-0.3, -0.25) is 4.90 Å². The third kappa shape index (κ3) is 3.32. The number of aryl methyl sites for hydroxylation is 1. The van der Waals surface area contributed by atoms with E-state index < -0.39 is 0 Å². The first-order valence-corrected chi connectivity index (χ1v) is 7.62. The second-order valence-electron chi connectivity index (χ2n) is 5.49. The van der Waals surface area contributed by atoms with Crippen molar-refractivity contribution in [3.05, 3.63) is 21.9 Å². The summed E-state index contributed by atoms with van der Waals surface area (Å²) < 4.78 is 0. The van der Waals surface area contributed by atoms with E-state index >= 15 is 0 Å². The summed E-state index contributed by atoms with van der Waals surface area (Å²) in [4.78, 5) is 6.37. The van der Waals surface area contributed by atoms with Crippen LogP contribution in [0.1, 0.15) is 23.4 Å². The highest BCUT2D eigenvalue weighted by Crippen LogP contribution is 2.23. The Morgan fingerprint density at radius 1 is 1.44 bits per heavy atom. The number of nitrogens with zero attached hydrogens (tertiary/aromatic N) is 2. The minimum absolute atomic E-state index is 0.464. The van der Waals surface area contributed by atoms with Gasteiger partial charge < -0.3 is 10.2 Å². The lowest BCUT2D eigenvalue weighted by Crippen LogP contribution is -2.53. The molecule has 0 amide bonds. The van der Waals surface area contributed by atoms with Crippen molar-refractivity contribution in [3.8, 4) is 0 Å². The highest BCUT2D eigenvalue weighted by Gasteiger charge is 2.22. The fourth-order valence-corrected chi connectivity index (χ4v) is 3.52. The summed E-state index contributed by atoms with van der Waals surface area (Å²) in [5.74, 6) is 0. The van der Waals surface area contributed by atoms with Gasteiger partial charge in [0.15, 0.2) is 0 Å². The molecule has 1 aliphatic rings. The summed E-state index contributed by atoms with van der Waals surface area (Å²) >= 11 is 1.86. The number of piperazine rings is 1. The predicted octanol–water partition coefficient (Wildman–Crippen LogP) is 1.95. The average Bonchev–Trinajstić information content (AvgIpc) is 2.76. The number of rotatable bonds is 4. The van der Waals surface area contributed by atoms with Gasteiger partial charge >= 0.3 is 0 Å². The maximum Gasteiger partial charge on any atom is 0.0389 e. The molecule has 0 bridgehead atoms. The van der Waals surface area contributed by atoms with Crippen molar-refractivity contribution in [2.45, 2.75) is 25.9 Å². The summed E-state index contributed by atoms with van der Waals surface area (Å²) in [5, 5.41) is 5.87. The molecule has 18 heavy (non-hydrogen) atoms. The van der Waals surface area contributed by atoms with Gasteiger partial charge in [0, 0.05) is 43.1 Å². The molecule has 0 aromatic carbocycles. The minimum atomic E-state index is 0.464. The Balaban J connectivity index is 1.85. The standard InChI is InChI=1S/C14H25N3S/c1-11-5-8-18-14(11)12(2)15-9-13-10-16(3)6-7-17(13)4/h5,8,12-13,15H,6-7,9-10H2,1-4H3. The van der Waals surface area contributed by atoms with Gasteiger partial charge in [0.2, 0.25) is 0 Å². The summed E-state index contributed by atoms with van der Waals surface area (Å²) in [7, 11) is 4.45. The molecule has 1 aliphatic heterocycles. The molecular formula is C14H25N3S. The Bertz CT molecular complexity index is 377. The van der Waals surface area contributed by atoms with Gasteiger partial charge in [-0.15, -0.1) is 11.3 Å². The minimum Gasteiger partial charge on any atom is -0.308 e. The van der Waals surface area contributed by atoms with Crippen LogP contribution in [0.3, 0.4) is 0 Å². The van der Waals surface area contributed by atoms with E-state index in [0.717, 1.165) is 6.54 Å². The summed E-state index contributed by atoms with van der Waals surface area (Å²) in [6.45, 7) is 9.07. The third-order valence-electron chi connectivity index (χ3n) is 3.93. The molecule has 4 heteroatoms. The van der Waals surface area contributed by atoms with Crippen LogP contribution in [-0.4, -0.2) is 56.1 Å². The number of thiophene rings is 1. The molecule has 3 nitrogen and oxygen atoms in total. The van der Waals surface area contributed by atoms with Gasteiger partial charge in [0.05, 0.1) is 0 Å². The van der Waals surface area contributed by atoms with E-state index in [4.69, 9.17) is 0 Å². The van der Waals surface area contributed by atoms with Crippen molar-refractivity contribution in [1.29, 1.82) is 0 Å². The highest BCUT2D eigenvalue weighted by molar-refractivity contribution is 7.10. The molecule has 0 radical (unpaired) electrons. The first-order chi connectivity index (χ1) is 8.58. The van der Waals surface area contributed by atoms with Crippen LogP contribution in [0.2, 0.25) is 0 Å². The molecule has 1 aromatic rings. The zero-order valence-corrected chi connectivity index (χ0v) is 12.8. The maximum atomic E-state index is 3.69. The molecule has 2 heterocycles. The van der Waals surface area contributed by atoms with E-state index in [2.05, 4.69) is 54.5 Å². The molecule has 0 saturated carbocycles. The van der Waals surface area contributed by atoms with Crippen LogP contribution in [0.15, 0.2) is 11.4 Å². The second-order valence-corrected chi connectivity index (χ2v) is 6.44. The zero-order valence-electron chi connectivity index (χ0n) is 11.9. The molecule has 1 aromatic heterocycles. The van der Waals surface area contributed by atoms with Crippen LogP contribution in [-0.2, 0) is 0 Å². The lowest BCUT2D eigenvalue weighted by atomic mass is 10.1. The largest absolute Gasteiger partial charge is 0.308 e. The SMILES string of the molecule is Cc1ccsc1C(C)NCC1CN(C)CCN1C.